The van der Waals surface area contributed by atoms with Crippen LogP contribution in [0.3, 0.4) is 0 Å². The Labute approximate surface area is 123 Å². The quantitative estimate of drug-likeness (QED) is 0.882. The molecular formula is C16H16N4O. The topological polar surface area (TPSA) is 77.8 Å². The first-order chi connectivity index (χ1) is 10.2. The summed E-state index contributed by atoms with van der Waals surface area (Å²) in [5.41, 5.74) is 2.11. The van der Waals surface area contributed by atoms with Gasteiger partial charge >= 0.3 is 0 Å². The van der Waals surface area contributed by atoms with Gasteiger partial charge in [0.15, 0.2) is 0 Å². The zero-order valence-corrected chi connectivity index (χ0v) is 11.8. The molecule has 0 aliphatic heterocycles. The van der Waals surface area contributed by atoms with Gasteiger partial charge in [0.25, 0.3) is 5.91 Å². The van der Waals surface area contributed by atoms with Crippen LogP contribution in [0, 0.1) is 11.3 Å². The lowest BCUT2D eigenvalue weighted by molar-refractivity contribution is 0.102. The number of nitriles is 1. The monoisotopic (exact) mass is 280 g/mol. The molecule has 0 atom stereocenters. The van der Waals surface area contributed by atoms with E-state index in [2.05, 4.69) is 21.7 Å². The molecule has 0 fully saturated rings. The molecule has 1 aromatic carbocycles. The lowest BCUT2D eigenvalue weighted by Gasteiger charge is -2.10. The minimum Gasteiger partial charge on any atom is -0.370 e. The van der Waals surface area contributed by atoms with E-state index in [4.69, 9.17) is 5.26 Å². The van der Waals surface area contributed by atoms with Crippen molar-refractivity contribution in [3.63, 3.8) is 0 Å². The Bertz CT molecular complexity index is 659. The summed E-state index contributed by atoms with van der Waals surface area (Å²) >= 11 is 0. The SMILES string of the molecule is CCNc1ncccc1C(=O)Nc1ccc(CC#N)cc1. The third kappa shape index (κ3) is 3.80. The fraction of sp³-hybridized carbons (Fsp3) is 0.188. The Morgan fingerprint density at radius 2 is 2.05 bits per heavy atom. The van der Waals surface area contributed by atoms with Gasteiger partial charge in [-0.15, -0.1) is 0 Å². The van der Waals surface area contributed by atoms with Crippen molar-refractivity contribution in [1.29, 1.82) is 5.26 Å². The van der Waals surface area contributed by atoms with Gasteiger partial charge in [-0.1, -0.05) is 12.1 Å². The van der Waals surface area contributed by atoms with Crippen molar-refractivity contribution in [1.82, 2.24) is 4.98 Å². The van der Waals surface area contributed by atoms with Crippen molar-refractivity contribution in [2.75, 3.05) is 17.2 Å². The molecule has 106 valence electrons. The highest BCUT2D eigenvalue weighted by Crippen LogP contribution is 2.15. The molecule has 0 bridgehead atoms. The van der Waals surface area contributed by atoms with Gasteiger partial charge < -0.3 is 10.6 Å². The Morgan fingerprint density at radius 3 is 2.71 bits per heavy atom. The van der Waals surface area contributed by atoms with Crippen LogP contribution in [0.15, 0.2) is 42.6 Å². The number of carbonyl (C=O) groups excluding carboxylic acids is 1. The molecule has 0 radical (unpaired) electrons. The van der Waals surface area contributed by atoms with Crippen LogP contribution in [0.5, 0.6) is 0 Å². The van der Waals surface area contributed by atoms with Gasteiger partial charge in [0.1, 0.15) is 5.82 Å². The van der Waals surface area contributed by atoms with Crippen LogP contribution in [0.1, 0.15) is 22.8 Å². The lowest BCUT2D eigenvalue weighted by Crippen LogP contribution is -2.15. The van der Waals surface area contributed by atoms with Crippen molar-refractivity contribution in [3.05, 3.63) is 53.7 Å². The second-order valence-corrected chi connectivity index (χ2v) is 4.42. The standard InChI is InChI=1S/C16H16N4O/c1-2-18-15-14(4-3-11-19-15)16(21)20-13-7-5-12(6-8-13)9-10-17/h3-8,11H,2,9H2,1H3,(H,18,19)(H,20,21). The van der Waals surface area contributed by atoms with Crippen molar-refractivity contribution < 1.29 is 4.79 Å². The highest BCUT2D eigenvalue weighted by Gasteiger charge is 2.11. The second kappa shape index (κ2) is 7.06. The van der Waals surface area contributed by atoms with E-state index < -0.39 is 0 Å². The predicted molar refractivity (Wildman–Crippen MR) is 82.1 cm³/mol. The minimum atomic E-state index is -0.216. The van der Waals surface area contributed by atoms with Gasteiger partial charge in [0.05, 0.1) is 18.1 Å². The van der Waals surface area contributed by atoms with Crippen LogP contribution in [-0.2, 0) is 6.42 Å². The van der Waals surface area contributed by atoms with Crippen LogP contribution < -0.4 is 10.6 Å². The maximum absolute atomic E-state index is 12.3. The van der Waals surface area contributed by atoms with E-state index in [1.807, 2.05) is 19.1 Å². The number of amides is 1. The van der Waals surface area contributed by atoms with E-state index in [1.54, 1.807) is 30.5 Å². The molecule has 1 heterocycles. The summed E-state index contributed by atoms with van der Waals surface area (Å²) in [6, 6.07) is 12.8. The molecule has 1 aromatic heterocycles. The van der Waals surface area contributed by atoms with Crippen LogP contribution in [0.4, 0.5) is 11.5 Å². The maximum Gasteiger partial charge on any atom is 0.259 e. The van der Waals surface area contributed by atoms with Crippen LogP contribution >= 0.6 is 0 Å². The first kappa shape index (κ1) is 14.5. The molecule has 2 N–H and O–H groups in total. The summed E-state index contributed by atoms with van der Waals surface area (Å²) in [4.78, 5) is 16.4. The van der Waals surface area contributed by atoms with Crippen LogP contribution in [0.25, 0.3) is 0 Å². The van der Waals surface area contributed by atoms with Crippen LogP contribution in [-0.4, -0.2) is 17.4 Å². The number of nitrogens with one attached hydrogen (secondary N) is 2. The largest absolute Gasteiger partial charge is 0.370 e. The number of rotatable bonds is 5. The number of hydrogen-bond donors (Lipinski definition) is 2. The second-order valence-electron chi connectivity index (χ2n) is 4.42. The van der Waals surface area contributed by atoms with E-state index in [-0.39, 0.29) is 5.91 Å². The zero-order valence-electron chi connectivity index (χ0n) is 11.8. The summed E-state index contributed by atoms with van der Waals surface area (Å²) in [6.07, 6.45) is 2.01. The van der Waals surface area contributed by atoms with Crippen molar-refractivity contribution in [3.8, 4) is 6.07 Å². The van der Waals surface area contributed by atoms with Gasteiger partial charge in [-0.3, -0.25) is 4.79 Å². The molecule has 0 saturated carbocycles. The fourth-order valence-electron chi connectivity index (χ4n) is 1.89. The third-order valence-corrected chi connectivity index (χ3v) is 2.89. The average molecular weight is 280 g/mol. The summed E-state index contributed by atoms with van der Waals surface area (Å²) < 4.78 is 0. The highest BCUT2D eigenvalue weighted by atomic mass is 16.1. The molecule has 5 heteroatoms. The Morgan fingerprint density at radius 1 is 1.29 bits per heavy atom. The number of hydrogen-bond acceptors (Lipinski definition) is 4. The van der Waals surface area contributed by atoms with Crippen molar-refractivity contribution in [2.24, 2.45) is 0 Å². The average Bonchev–Trinajstić information content (AvgIpc) is 2.50. The molecule has 0 unspecified atom stereocenters. The maximum atomic E-state index is 12.3. The summed E-state index contributed by atoms with van der Waals surface area (Å²) in [7, 11) is 0. The van der Waals surface area contributed by atoms with Gasteiger partial charge in [-0.2, -0.15) is 5.26 Å². The summed E-state index contributed by atoms with van der Waals surface area (Å²) in [5, 5.41) is 14.5. The molecule has 0 aliphatic carbocycles. The number of benzene rings is 1. The predicted octanol–water partition coefficient (Wildman–Crippen LogP) is 2.83. The van der Waals surface area contributed by atoms with E-state index >= 15 is 0 Å². The molecule has 2 rings (SSSR count). The number of nitrogens with zero attached hydrogens (tertiary/aromatic N) is 2. The van der Waals surface area contributed by atoms with Crippen molar-refractivity contribution in [2.45, 2.75) is 13.3 Å². The molecule has 0 spiro atoms. The minimum absolute atomic E-state index is 0.216. The first-order valence-electron chi connectivity index (χ1n) is 6.70. The van der Waals surface area contributed by atoms with Gasteiger partial charge in [0.2, 0.25) is 0 Å². The third-order valence-electron chi connectivity index (χ3n) is 2.89. The molecular weight excluding hydrogens is 264 g/mol. The normalized spacial score (nSPS) is 9.71. The van der Waals surface area contributed by atoms with Crippen molar-refractivity contribution >= 4 is 17.4 Å². The first-order valence-corrected chi connectivity index (χ1v) is 6.70. The van der Waals surface area contributed by atoms with Gasteiger partial charge in [-0.25, -0.2) is 4.98 Å². The number of anilines is 2. The van der Waals surface area contributed by atoms with E-state index in [1.165, 1.54) is 0 Å². The van der Waals surface area contributed by atoms with Gasteiger partial charge in [0, 0.05) is 18.4 Å². The molecule has 21 heavy (non-hydrogen) atoms. The molecule has 0 aliphatic rings. The van der Waals surface area contributed by atoms with Crippen LogP contribution in [0.2, 0.25) is 0 Å². The van der Waals surface area contributed by atoms with E-state index in [0.29, 0.717) is 30.0 Å². The summed E-state index contributed by atoms with van der Waals surface area (Å²) in [5.74, 6) is 0.352. The molecule has 0 saturated heterocycles. The van der Waals surface area contributed by atoms with E-state index in [9.17, 15) is 4.79 Å². The van der Waals surface area contributed by atoms with Gasteiger partial charge in [-0.05, 0) is 36.8 Å². The lowest BCUT2D eigenvalue weighted by atomic mass is 10.1. The number of pyridine rings is 1. The smallest absolute Gasteiger partial charge is 0.259 e. The Kier molecular flexibility index (Phi) is 4.89. The fourth-order valence-corrected chi connectivity index (χ4v) is 1.89. The number of carbonyl (C=O) groups is 1. The Balaban J connectivity index is 2.13. The summed E-state index contributed by atoms with van der Waals surface area (Å²) in [6.45, 7) is 2.64. The molecule has 2 aromatic rings. The molecule has 1 amide bonds. The Hall–Kier alpha value is -2.87. The van der Waals surface area contributed by atoms with E-state index in [0.717, 1.165) is 5.56 Å². The number of aromatic nitrogens is 1. The molecule has 5 nitrogen and oxygen atoms in total. The highest BCUT2D eigenvalue weighted by molar-refractivity contribution is 6.07. The zero-order chi connectivity index (χ0) is 15.1.